The van der Waals surface area contributed by atoms with Crippen molar-refractivity contribution in [2.45, 2.75) is 28.8 Å². The molecule has 27 heavy (non-hydrogen) atoms. The predicted molar refractivity (Wildman–Crippen MR) is 96.4 cm³/mol. The molecule has 1 aliphatic heterocycles. The molecule has 1 N–H and O–H groups in total. The standard InChI is InChI=1S/C16H23F3N2O4S2/c1-26(22,23)13-3-4-14(15(9-13)27(2,24)25)20-10-12-5-7-21(8-6-12)11-16(17,18)19/h3-4,9,12,20H,5-8,10-11H2,1-2H3. The molecule has 0 aromatic heterocycles. The summed E-state index contributed by atoms with van der Waals surface area (Å²) in [5.41, 5.74) is 0.294. The third-order valence-corrected chi connectivity index (χ3v) is 6.72. The Balaban J connectivity index is 2.04. The number of anilines is 1. The quantitative estimate of drug-likeness (QED) is 0.748. The number of hydrogen-bond donors (Lipinski definition) is 1. The smallest absolute Gasteiger partial charge is 0.384 e. The number of nitrogens with one attached hydrogen (secondary N) is 1. The lowest BCUT2D eigenvalue weighted by Crippen LogP contribution is -2.41. The summed E-state index contributed by atoms with van der Waals surface area (Å²) in [6.45, 7) is 0.147. The zero-order valence-corrected chi connectivity index (χ0v) is 16.7. The third-order valence-electron chi connectivity index (χ3n) is 4.47. The van der Waals surface area contributed by atoms with Crippen LogP contribution in [0, 0.1) is 5.92 Å². The molecule has 0 bridgehead atoms. The molecule has 2 rings (SSSR count). The normalized spacial score (nSPS) is 17.8. The van der Waals surface area contributed by atoms with Gasteiger partial charge in [-0.25, -0.2) is 16.8 Å². The van der Waals surface area contributed by atoms with E-state index in [4.69, 9.17) is 0 Å². The van der Waals surface area contributed by atoms with Crippen LogP contribution < -0.4 is 5.32 Å². The maximum Gasteiger partial charge on any atom is 0.401 e. The van der Waals surface area contributed by atoms with Gasteiger partial charge in [-0.15, -0.1) is 0 Å². The molecule has 11 heteroatoms. The first kappa shape index (κ1) is 22.0. The number of benzene rings is 1. The molecule has 0 saturated carbocycles. The van der Waals surface area contributed by atoms with Gasteiger partial charge in [0.05, 0.1) is 22.0 Å². The van der Waals surface area contributed by atoms with E-state index in [0.717, 1.165) is 18.6 Å². The maximum atomic E-state index is 12.4. The van der Waals surface area contributed by atoms with Crippen LogP contribution in [0.4, 0.5) is 18.9 Å². The summed E-state index contributed by atoms with van der Waals surface area (Å²) in [5.74, 6) is 0.108. The molecule has 0 atom stereocenters. The summed E-state index contributed by atoms with van der Waals surface area (Å²) in [5, 5.41) is 3.02. The van der Waals surface area contributed by atoms with Crippen LogP contribution in [-0.4, -0.2) is 66.6 Å². The molecule has 1 aliphatic rings. The second-order valence-corrected chi connectivity index (χ2v) is 10.9. The highest BCUT2D eigenvalue weighted by atomic mass is 32.2. The third kappa shape index (κ3) is 6.65. The summed E-state index contributed by atoms with van der Waals surface area (Å²) in [6, 6.07) is 3.86. The summed E-state index contributed by atoms with van der Waals surface area (Å²) in [6.07, 6.45) is -1.08. The fourth-order valence-electron chi connectivity index (χ4n) is 3.04. The zero-order valence-electron chi connectivity index (χ0n) is 15.1. The minimum Gasteiger partial charge on any atom is -0.384 e. The van der Waals surface area contributed by atoms with Crippen LogP contribution in [0.3, 0.4) is 0 Å². The topological polar surface area (TPSA) is 83.6 Å². The molecule has 1 fully saturated rings. The number of halogens is 3. The average Bonchev–Trinajstić information content (AvgIpc) is 2.51. The Morgan fingerprint density at radius 2 is 1.67 bits per heavy atom. The molecule has 0 amide bonds. The number of piperidine rings is 1. The zero-order chi connectivity index (χ0) is 20.5. The van der Waals surface area contributed by atoms with Gasteiger partial charge in [0.2, 0.25) is 0 Å². The SMILES string of the molecule is CS(=O)(=O)c1ccc(NCC2CCN(CC(F)(F)F)CC2)c(S(C)(=O)=O)c1. The lowest BCUT2D eigenvalue weighted by atomic mass is 9.96. The fourth-order valence-corrected chi connectivity index (χ4v) is 4.65. The van der Waals surface area contributed by atoms with Gasteiger partial charge in [0.1, 0.15) is 0 Å². The highest BCUT2D eigenvalue weighted by Gasteiger charge is 2.32. The molecule has 0 radical (unpaired) electrons. The van der Waals surface area contributed by atoms with Gasteiger partial charge in [-0.05, 0) is 50.0 Å². The van der Waals surface area contributed by atoms with Crippen molar-refractivity contribution in [3.8, 4) is 0 Å². The molecule has 1 heterocycles. The first-order valence-corrected chi connectivity index (χ1v) is 12.1. The molecular formula is C16H23F3N2O4S2. The molecule has 1 aromatic rings. The van der Waals surface area contributed by atoms with Crippen LogP contribution in [0.5, 0.6) is 0 Å². The van der Waals surface area contributed by atoms with E-state index in [9.17, 15) is 30.0 Å². The molecule has 0 unspecified atom stereocenters. The Hall–Kier alpha value is -1.33. The molecule has 6 nitrogen and oxygen atoms in total. The van der Waals surface area contributed by atoms with E-state index in [-0.39, 0.29) is 15.7 Å². The van der Waals surface area contributed by atoms with Gasteiger partial charge in [0.25, 0.3) is 0 Å². The number of rotatable bonds is 6. The van der Waals surface area contributed by atoms with Gasteiger partial charge < -0.3 is 5.32 Å². The highest BCUT2D eigenvalue weighted by molar-refractivity contribution is 7.91. The van der Waals surface area contributed by atoms with Crippen molar-refractivity contribution in [3.05, 3.63) is 18.2 Å². The van der Waals surface area contributed by atoms with E-state index in [0.29, 0.717) is 38.2 Å². The monoisotopic (exact) mass is 428 g/mol. The van der Waals surface area contributed by atoms with E-state index < -0.39 is 32.4 Å². The Labute approximate surface area is 157 Å². The van der Waals surface area contributed by atoms with Crippen molar-refractivity contribution in [1.29, 1.82) is 0 Å². The first-order valence-electron chi connectivity index (χ1n) is 8.33. The number of alkyl halides is 3. The molecule has 1 saturated heterocycles. The van der Waals surface area contributed by atoms with Crippen LogP contribution in [0.2, 0.25) is 0 Å². The summed E-state index contributed by atoms with van der Waals surface area (Å²) >= 11 is 0. The maximum absolute atomic E-state index is 12.4. The Kier molecular flexibility index (Phi) is 6.48. The van der Waals surface area contributed by atoms with Crippen molar-refractivity contribution in [2.75, 3.05) is 44.0 Å². The van der Waals surface area contributed by atoms with Crippen LogP contribution in [0.1, 0.15) is 12.8 Å². The minimum absolute atomic E-state index is 0.0890. The average molecular weight is 428 g/mol. The number of likely N-dealkylation sites (tertiary alicyclic amines) is 1. The van der Waals surface area contributed by atoms with Gasteiger partial charge in [0.15, 0.2) is 19.7 Å². The van der Waals surface area contributed by atoms with E-state index in [1.165, 1.54) is 17.0 Å². The van der Waals surface area contributed by atoms with Gasteiger partial charge in [-0.1, -0.05) is 0 Å². The van der Waals surface area contributed by atoms with E-state index in [1.54, 1.807) is 0 Å². The summed E-state index contributed by atoms with van der Waals surface area (Å²) in [7, 11) is -7.21. The van der Waals surface area contributed by atoms with Crippen molar-refractivity contribution in [1.82, 2.24) is 4.90 Å². The Morgan fingerprint density at radius 3 is 2.15 bits per heavy atom. The lowest BCUT2D eigenvalue weighted by molar-refractivity contribution is -0.148. The lowest BCUT2D eigenvalue weighted by Gasteiger charge is -2.32. The number of hydrogen-bond acceptors (Lipinski definition) is 6. The predicted octanol–water partition coefficient (Wildman–Crippen LogP) is 2.18. The van der Waals surface area contributed by atoms with Crippen LogP contribution in [-0.2, 0) is 19.7 Å². The molecular weight excluding hydrogens is 405 g/mol. The van der Waals surface area contributed by atoms with Crippen molar-refractivity contribution in [3.63, 3.8) is 0 Å². The van der Waals surface area contributed by atoms with Crippen LogP contribution >= 0.6 is 0 Å². The van der Waals surface area contributed by atoms with E-state index in [2.05, 4.69) is 5.32 Å². The van der Waals surface area contributed by atoms with Gasteiger partial charge in [-0.2, -0.15) is 13.2 Å². The van der Waals surface area contributed by atoms with Crippen LogP contribution in [0.25, 0.3) is 0 Å². The molecule has 0 spiro atoms. The minimum atomic E-state index is -4.21. The van der Waals surface area contributed by atoms with Crippen LogP contribution in [0.15, 0.2) is 28.0 Å². The molecule has 1 aromatic carbocycles. The van der Waals surface area contributed by atoms with Crippen molar-refractivity contribution < 1.29 is 30.0 Å². The summed E-state index contributed by atoms with van der Waals surface area (Å²) < 4.78 is 84.6. The van der Waals surface area contributed by atoms with E-state index in [1.807, 2.05) is 0 Å². The van der Waals surface area contributed by atoms with E-state index >= 15 is 0 Å². The molecule has 154 valence electrons. The van der Waals surface area contributed by atoms with Crippen molar-refractivity contribution in [2.24, 2.45) is 5.92 Å². The highest BCUT2D eigenvalue weighted by Crippen LogP contribution is 2.27. The van der Waals surface area contributed by atoms with Gasteiger partial charge >= 0.3 is 6.18 Å². The second-order valence-electron chi connectivity index (χ2n) is 6.92. The molecule has 0 aliphatic carbocycles. The van der Waals surface area contributed by atoms with Gasteiger partial charge in [-0.3, -0.25) is 4.90 Å². The largest absolute Gasteiger partial charge is 0.401 e. The number of sulfone groups is 2. The summed E-state index contributed by atoms with van der Waals surface area (Å²) in [4.78, 5) is 1.16. The fraction of sp³-hybridized carbons (Fsp3) is 0.625. The van der Waals surface area contributed by atoms with Gasteiger partial charge in [0, 0.05) is 19.1 Å². The second kappa shape index (κ2) is 7.96. The Bertz CT molecular complexity index is 875. The van der Waals surface area contributed by atoms with Crippen molar-refractivity contribution >= 4 is 25.4 Å². The number of nitrogens with zero attached hydrogens (tertiary/aromatic N) is 1. The first-order chi connectivity index (χ1) is 12.3. The Morgan fingerprint density at radius 1 is 1.07 bits per heavy atom.